The molecule has 0 saturated carbocycles. The molecule has 2 N–H and O–H groups in total. The molecule has 1 aliphatic heterocycles. The molecule has 1 aliphatic carbocycles. The van der Waals surface area contributed by atoms with E-state index < -0.39 is 23.5 Å². The second kappa shape index (κ2) is 9.53. The molecule has 4 nitrogen and oxygen atoms in total. The predicted octanol–water partition coefficient (Wildman–Crippen LogP) is 6.27. The van der Waals surface area contributed by atoms with Crippen molar-refractivity contribution in [3.63, 3.8) is 0 Å². The highest BCUT2D eigenvalue weighted by atomic mass is 19.1. The minimum atomic E-state index is -0.864. The molecule has 0 saturated heterocycles. The zero-order valence-electron chi connectivity index (χ0n) is 20.1. The van der Waals surface area contributed by atoms with Gasteiger partial charge in [-0.15, -0.1) is 0 Å². The largest absolute Gasteiger partial charge is 0.362 e. The van der Waals surface area contributed by atoms with E-state index in [2.05, 4.69) is 10.6 Å². The van der Waals surface area contributed by atoms with Gasteiger partial charge in [-0.1, -0.05) is 60.2 Å². The number of allylic oxidation sites excluding steroid dienone is 3. The minimum Gasteiger partial charge on any atom is -0.362 e. The van der Waals surface area contributed by atoms with Crippen molar-refractivity contribution in [1.29, 1.82) is 0 Å². The molecule has 0 aromatic heterocycles. The Hall–Kier alpha value is -4.06. The van der Waals surface area contributed by atoms with Crippen LogP contribution in [0, 0.1) is 18.6 Å². The van der Waals surface area contributed by atoms with E-state index >= 15 is 0 Å². The monoisotopic (exact) mass is 484 g/mol. The minimum absolute atomic E-state index is 0.0195. The van der Waals surface area contributed by atoms with Crippen molar-refractivity contribution in [3.8, 4) is 0 Å². The molecule has 0 radical (unpaired) electrons. The summed E-state index contributed by atoms with van der Waals surface area (Å²) < 4.78 is 27.7. The molecule has 6 heteroatoms. The van der Waals surface area contributed by atoms with E-state index in [1.54, 1.807) is 6.92 Å². The van der Waals surface area contributed by atoms with E-state index in [4.69, 9.17) is 0 Å². The fourth-order valence-corrected chi connectivity index (χ4v) is 5.17. The summed E-state index contributed by atoms with van der Waals surface area (Å²) in [7, 11) is 0. The number of carbonyl (C=O) groups excluding carboxylic acids is 2. The van der Waals surface area contributed by atoms with E-state index in [0.29, 0.717) is 29.7 Å². The lowest BCUT2D eigenvalue weighted by molar-refractivity contribution is -0.116. The maximum Gasteiger partial charge on any atom is 0.254 e. The lowest BCUT2D eigenvalue weighted by Gasteiger charge is -2.37. The molecule has 3 aromatic rings. The van der Waals surface area contributed by atoms with Gasteiger partial charge in [0.25, 0.3) is 5.91 Å². The van der Waals surface area contributed by atoms with Gasteiger partial charge in [0.05, 0.1) is 5.69 Å². The maximum atomic E-state index is 14.3. The van der Waals surface area contributed by atoms with Gasteiger partial charge in [-0.05, 0) is 49.4 Å². The molecule has 0 bridgehead atoms. The molecule has 2 unspecified atom stereocenters. The Labute approximate surface area is 208 Å². The molecule has 5 rings (SSSR count). The summed E-state index contributed by atoms with van der Waals surface area (Å²) in [6.07, 6.45) is 0.986. The Morgan fingerprint density at radius 2 is 1.64 bits per heavy atom. The highest BCUT2D eigenvalue weighted by Crippen LogP contribution is 2.45. The van der Waals surface area contributed by atoms with Crippen molar-refractivity contribution < 1.29 is 18.4 Å². The van der Waals surface area contributed by atoms with Crippen LogP contribution in [0.15, 0.2) is 95.3 Å². The van der Waals surface area contributed by atoms with Crippen LogP contribution in [-0.2, 0) is 9.59 Å². The quantitative estimate of drug-likeness (QED) is 0.459. The van der Waals surface area contributed by atoms with E-state index in [1.807, 2.05) is 61.5 Å². The number of aryl methyl sites for hydroxylation is 1. The van der Waals surface area contributed by atoms with E-state index in [0.717, 1.165) is 34.5 Å². The third-order valence-electron chi connectivity index (χ3n) is 6.93. The zero-order chi connectivity index (χ0) is 25.4. The van der Waals surface area contributed by atoms with Crippen LogP contribution >= 0.6 is 0 Å². The summed E-state index contributed by atoms with van der Waals surface area (Å²) in [5.74, 6) is -2.71. The summed E-state index contributed by atoms with van der Waals surface area (Å²) >= 11 is 0. The first-order valence-corrected chi connectivity index (χ1v) is 11.9. The van der Waals surface area contributed by atoms with Gasteiger partial charge >= 0.3 is 0 Å². The van der Waals surface area contributed by atoms with E-state index in [-0.39, 0.29) is 17.4 Å². The van der Waals surface area contributed by atoms with Crippen LogP contribution in [0.2, 0.25) is 0 Å². The molecule has 3 aromatic carbocycles. The second-order valence-corrected chi connectivity index (χ2v) is 9.42. The molecule has 182 valence electrons. The second-order valence-electron chi connectivity index (χ2n) is 9.42. The fourth-order valence-electron chi connectivity index (χ4n) is 5.17. The molecule has 36 heavy (non-hydrogen) atoms. The number of anilines is 1. The highest BCUT2D eigenvalue weighted by Gasteiger charge is 2.41. The van der Waals surface area contributed by atoms with Gasteiger partial charge in [-0.3, -0.25) is 9.59 Å². The van der Waals surface area contributed by atoms with E-state index in [1.165, 1.54) is 6.07 Å². The van der Waals surface area contributed by atoms with Crippen LogP contribution in [-0.4, -0.2) is 11.7 Å². The van der Waals surface area contributed by atoms with Gasteiger partial charge in [0.1, 0.15) is 11.6 Å². The van der Waals surface area contributed by atoms with Crippen molar-refractivity contribution in [2.45, 2.75) is 38.5 Å². The van der Waals surface area contributed by atoms with Gasteiger partial charge in [-0.25, -0.2) is 8.78 Å². The SMILES string of the molecule is CC1=C(C(=O)Nc2ccc(F)cc2F)C(c2ccc(C)cc2)C2=C(CC(c3ccccc3)CC2=O)N1. The summed E-state index contributed by atoms with van der Waals surface area (Å²) in [5.41, 5.74) is 5.17. The molecule has 2 atom stereocenters. The average Bonchev–Trinajstić information content (AvgIpc) is 2.85. The van der Waals surface area contributed by atoms with Crippen LogP contribution in [0.5, 0.6) is 0 Å². The third kappa shape index (κ3) is 4.47. The smallest absolute Gasteiger partial charge is 0.254 e. The lowest BCUT2D eigenvalue weighted by atomic mass is 9.71. The van der Waals surface area contributed by atoms with E-state index in [9.17, 15) is 18.4 Å². The average molecular weight is 485 g/mol. The number of amides is 1. The third-order valence-corrected chi connectivity index (χ3v) is 6.93. The molecule has 1 amide bonds. The molecular weight excluding hydrogens is 458 g/mol. The van der Waals surface area contributed by atoms with Gasteiger partial charge < -0.3 is 10.6 Å². The molecule has 1 heterocycles. The Kier molecular flexibility index (Phi) is 6.27. The van der Waals surface area contributed by atoms with Crippen molar-refractivity contribution in [3.05, 3.63) is 124 Å². The normalized spacial score (nSPS) is 19.6. The number of carbonyl (C=O) groups is 2. The lowest BCUT2D eigenvalue weighted by Crippen LogP contribution is -2.37. The Morgan fingerprint density at radius 3 is 2.33 bits per heavy atom. The van der Waals surface area contributed by atoms with Gasteiger partial charge in [0, 0.05) is 40.9 Å². The number of dihydropyridines is 1. The molecule has 2 aliphatic rings. The summed E-state index contributed by atoms with van der Waals surface area (Å²) in [6, 6.07) is 20.7. The standard InChI is InChI=1S/C30H26F2N2O2/c1-17-8-10-20(11-9-17)28-27(30(36)34-24-13-12-22(31)16-23(24)32)18(2)33-25-14-21(15-26(35)29(25)28)19-6-4-3-5-7-19/h3-13,16,21,28,33H,14-15H2,1-2H3,(H,34,36). The highest BCUT2D eigenvalue weighted by molar-refractivity contribution is 6.10. The Balaban J connectivity index is 1.56. The first-order chi connectivity index (χ1) is 17.3. The topological polar surface area (TPSA) is 58.2 Å². The number of hydrogen-bond donors (Lipinski definition) is 2. The maximum absolute atomic E-state index is 14.3. The van der Waals surface area contributed by atoms with Crippen LogP contribution in [0.25, 0.3) is 0 Å². The van der Waals surface area contributed by atoms with Crippen molar-refractivity contribution in [2.24, 2.45) is 0 Å². The predicted molar refractivity (Wildman–Crippen MR) is 135 cm³/mol. The summed E-state index contributed by atoms with van der Waals surface area (Å²) in [5, 5.41) is 5.91. The number of Topliss-reactive ketones (excluding diaryl/α,β-unsaturated/α-hetero) is 1. The number of ketones is 1. The molecule has 0 fully saturated rings. The Morgan fingerprint density at radius 1 is 0.917 bits per heavy atom. The first-order valence-electron chi connectivity index (χ1n) is 11.9. The van der Waals surface area contributed by atoms with Gasteiger partial charge in [0.15, 0.2) is 5.78 Å². The van der Waals surface area contributed by atoms with Crippen molar-refractivity contribution in [2.75, 3.05) is 5.32 Å². The molecule has 0 spiro atoms. The van der Waals surface area contributed by atoms with Crippen LogP contribution < -0.4 is 10.6 Å². The van der Waals surface area contributed by atoms with Crippen molar-refractivity contribution in [1.82, 2.24) is 5.32 Å². The number of nitrogens with one attached hydrogen (secondary N) is 2. The van der Waals surface area contributed by atoms with Gasteiger partial charge in [-0.2, -0.15) is 0 Å². The fraction of sp³-hybridized carbons (Fsp3) is 0.200. The molecular formula is C30H26F2N2O2. The number of rotatable bonds is 4. The zero-order valence-corrected chi connectivity index (χ0v) is 20.1. The van der Waals surface area contributed by atoms with Gasteiger partial charge in [0.2, 0.25) is 0 Å². The summed E-state index contributed by atoms with van der Waals surface area (Å²) in [4.78, 5) is 27.2. The number of hydrogen-bond acceptors (Lipinski definition) is 3. The summed E-state index contributed by atoms with van der Waals surface area (Å²) in [6.45, 7) is 3.76. The van der Waals surface area contributed by atoms with Crippen LogP contribution in [0.4, 0.5) is 14.5 Å². The van der Waals surface area contributed by atoms with Crippen LogP contribution in [0.3, 0.4) is 0 Å². The Bertz CT molecular complexity index is 1410. The number of halogens is 2. The van der Waals surface area contributed by atoms with Crippen LogP contribution in [0.1, 0.15) is 48.3 Å². The first kappa shape index (κ1) is 23.7. The van der Waals surface area contributed by atoms with Crippen molar-refractivity contribution >= 4 is 17.4 Å². The number of benzene rings is 3.